The molecule has 1 saturated carbocycles. The van der Waals surface area contributed by atoms with Crippen molar-refractivity contribution in [2.45, 2.75) is 50.7 Å². The molecule has 5 heteroatoms. The van der Waals surface area contributed by atoms with E-state index in [0.29, 0.717) is 5.56 Å². The van der Waals surface area contributed by atoms with Crippen molar-refractivity contribution in [2.75, 3.05) is 6.54 Å². The van der Waals surface area contributed by atoms with Gasteiger partial charge in [0.05, 0.1) is 5.56 Å². The van der Waals surface area contributed by atoms with Crippen LogP contribution in [-0.4, -0.2) is 17.6 Å². The Kier molecular flexibility index (Phi) is 4.45. The Morgan fingerprint density at radius 3 is 2.84 bits per heavy atom. The fourth-order valence-electron chi connectivity index (χ4n) is 2.87. The van der Waals surface area contributed by atoms with Crippen molar-refractivity contribution in [1.82, 2.24) is 10.3 Å². The van der Waals surface area contributed by atoms with Crippen LogP contribution >= 0.6 is 0 Å². The van der Waals surface area contributed by atoms with Gasteiger partial charge in [-0.1, -0.05) is 13.3 Å². The minimum atomic E-state index is -4.30. The lowest BCUT2D eigenvalue weighted by Gasteiger charge is -2.24. The molecule has 106 valence electrons. The highest BCUT2D eigenvalue weighted by atomic mass is 19.4. The van der Waals surface area contributed by atoms with Crippen LogP contribution in [0.25, 0.3) is 0 Å². The number of hydrogen-bond donors (Lipinski definition) is 1. The van der Waals surface area contributed by atoms with Crippen molar-refractivity contribution in [3.8, 4) is 0 Å². The molecule has 0 aliphatic heterocycles. The molecule has 0 spiro atoms. The Hall–Kier alpha value is -1.10. The van der Waals surface area contributed by atoms with Crippen LogP contribution < -0.4 is 5.32 Å². The summed E-state index contributed by atoms with van der Waals surface area (Å²) < 4.78 is 39.1. The van der Waals surface area contributed by atoms with Crippen molar-refractivity contribution >= 4 is 0 Å². The number of aromatic nitrogens is 1. The van der Waals surface area contributed by atoms with Gasteiger partial charge in [0, 0.05) is 24.4 Å². The molecule has 1 fully saturated rings. The van der Waals surface area contributed by atoms with E-state index in [2.05, 4.69) is 17.2 Å². The van der Waals surface area contributed by atoms with Crippen molar-refractivity contribution in [3.63, 3.8) is 0 Å². The third kappa shape index (κ3) is 3.26. The molecule has 2 nitrogen and oxygen atoms in total. The first-order chi connectivity index (χ1) is 9.04. The molecule has 1 aromatic rings. The number of nitrogens with zero attached hydrogens (tertiary/aromatic N) is 1. The van der Waals surface area contributed by atoms with Gasteiger partial charge in [-0.3, -0.25) is 4.98 Å². The second-order valence-electron chi connectivity index (χ2n) is 5.06. The van der Waals surface area contributed by atoms with E-state index in [9.17, 15) is 13.2 Å². The first-order valence-corrected chi connectivity index (χ1v) is 6.78. The van der Waals surface area contributed by atoms with Gasteiger partial charge in [0.2, 0.25) is 0 Å². The van der Waals surface area contributed by atoms with Crippen LogP contribution in [0.2, 0.25) is 0 Å². The Morgan fingerprint density at radius 2 is 2.16 bits per heavy atom. The summed E-state index contributed by atoms with van der Waals surface area (Å²) in [6, 6.07) is 1.23. The highest BCUT2D eigenvalue weighted by Crippen LogP contribution is 2.41. The molecule has 0 radical (unpaired) electrons. The molecular formula is C14H19F3N2. The Labute approximate surface area is 111 Å². The molecule has 0 amide bonds. The standard InChI is InChI=1S/C14H19F3N2/c1-2-7-19-13-5-3-4-10(13)11-9-18-8-6-12(11)14(15,16)17/h6,8-10,13,19H,2-5,7H2,1H3. The van der Waals surface area contributed by atoms with E-state index in [0.717, 1.165) is 38.3 Å². The second-order valence-corrected chi connectivity index (χ2v) is 5.06. The highest BCUT2D eigenvalue weighted by molar-refractivity contribution is 5.31. The molecule has 19 heavy (non-hydrogen) atoms. The summed E-state index contributed by atoms with van der Waals surface area (Å²) in [4.78, 5) is 3.89. The number of alkyl halides is 3. The Bertz CT molecular complexity index is 417. The fraction of sp³-hybridized carbons (Fsp3) is 0.643. The molecule has 2 atom stereocenters. The average Bonchev–Trinajstić information content (AvgIpc) is 2.83. The average molecular weight is 272 g/mol. The van der Waals surface area contributed by atoms with E-state index in [-0.39, 0.29) is 12.0 Å². The maximum absolute atomic E-state index is 13.0. The molecule has 1 heterocycles. The summed E-state index contributed by atoms with van der Waals surface area (Å²) >= 11 is 0. The second kappa shape index (κ2) is 5.90. The molecule has 2 rings (SSSR count). The van der Waals surface area contributed by atoms with Crippen molar-refractivity contribution in [2.24, 2.45) is 0 Å². The van der Waals surface area contributed by atoms with E-state index in [1.54, 1.807) is 0 Å². The first-order valence-electron chi connectivity index (χ1n) is 6.78. The van der Waals surface area contributed by atoms with Crippen LogP contribution in [0.5, 0.6) is 0 Å². The lowest BCUT2D eigenvalue weighted by atomic mass is 9.91. The van der Waals surface area contributed by atoms with Gasteiger partial charge < -0.3 is 5.32 Å². The van der Waals surface area contributed by atoms with Crippen molar-refractivity contribution in [3.05, 3.63) is 29.6 Å². The number of nitrogens with one attached hydrogen (secondary N) is 1. The number of hydrogen-bond acceptors (Lipinski definition) is 2. The zero-order valence-electron chi connectivity index (χ0n) is 11.0. The highest BCUT2D eigenvalue weighted by Gasteiger charge is 2.38. The fourth-order valence-corrected chi connectivity index (χ4v) is 2.87. The Morgan fingerprint density at radius 1 is 1.37 bits per heavy atom. The van der Waals surface area contributed by atoms with Gasteiger partial charge in [0.25, 0.3) is 0 Å². The van der Waals surface area contributed by atoms with Crippen LogP contribution in [0.3, 0.4) is 0 Å². The SMILES string of the molecule is CCCNC1CCCC1c1cnccc1C(F)(F)F. The van der Waals surface area contributed by atoms with Crippen LogP contribution in [0.15, 0.2) is 18.5 Å². The molecule has 0 aromatic carbocycles. The van der Waals surface area contributed by atoms with Gasteiger partial charge in [0.15, 0.2) is 0 Å². The summed E-state index contributed by atoms with van der Waals surface area (Å²) in [5.41, 5.74) is -0.182. The molecule has 1 aliphatic carbocycles. The molecule has 0 bridgehead atoms. The lowest BCUT2D eigenvalue weighted by molar-refractivity contribution is -0.138. The summed E-state index contributed by atoms with van der Waals surface area (Å²) in [7, 11) is 0. The predicted octanol–water partition coefficient (Wildman–Crippen LogP) is 3.74. The molecular weight excluding hydrogens is 253 g/mol. The van der Waals surface area contributed by atoms with Gasteiger partial charge in [-0.15, -0.1) is 0 Å². The normalized spacial score (nSPS) is 23.8. The van der Waals surface area contributed by atoms with E-state index >= 15 is 0 Å². The van der Waals surface area contributed by atoms with Gasteiger partial charge in [0.1, 0.15) is 0 Å². The van der Waals surface area contributed by atoms with Gasteiger partial charge in [-0.25, -0.2) is 0 Å². The number of rotatable bonds is 4. The summed E-state index contributed by atoms with van der Waals surface area (Å²) in [6.45, 7) is 2.91. The monoisotopic (exact) mass is 272 g/mol. The summed E-state index contributed by atoms with van der Waals surface area (Å²) in [6.07, 6.45) is 2.01. The van der Waals surface area contributed by atoms with Gasteiger partial charge in [-0.05, 0) is 37.4 Å². The van der Waals surface area contributed by atoms with Crippen molar-refractivity contribution in [1.29, 1.82) is 0 Å². The maximum Gasteiger partial charge on any atom is 0.416 e. The predicted molar refractivity (Wildman–Crippen MR) is 67.9 cm³/mol. The van der Waals surface area contributed by atoms with Gasteiger partial charge >= 0.3 is 6.18 Å². The number of halogens is 3. The summed E-state index contributed by atoms with van der Waals surface area (Å²) in [5, 5.41) is 3.36. The molecule has 1 N–H and O–H groups in total. The maximum atomic E-state index is 13.0. The largest absolute Gasteiger partial charge is 0.416 e. The number of pyridine rings is 1. The molecule has 1 aliphatic rings. The van der Waals surface area contributed by atoms with Crippen LogP contribution in [0.1, 0.15) is 49.7 Å². The van der Waals surface area contributed by atoms with Crippen LogP contribution in [-0.2, 0) is 6.18 Å². The topological polar surface area (TPSA) is 24.9 Å². The van der Waals surface area contributed by atoms with Gasteiger partial charge in [-0.2, -0.15) is 13.2 Å². The minimum Gasteiger partial charge on any atom is -0.313 e. The van der Waals surface area contributed by atoms with Crippen molar-refractivity contribution < 1.29 is 13.2 Å². The van der Waals surface area contributed by atoms with Crippen LogP contribution in [0, 0.1) is 0 Å². The van der Waals surface area contributed by atoms with E-state index in [1.807, 2.05) is 0 Å². The third-order valence-electron chi connectivity index (χ3n) is 3.73. The molecule has 1 aromatic heterocycles. The van der Waals surface area contributed by atoms with Crippen LogP contribution in [0.4, 0.5) is 13.2 Å². The lowest BCUT2D eigenvalue weighted by Crippen LogP contribution is -2.32. The third-order valence-corrected chi connectivity index (χ3v) is 3.73. The van der Waals surface area contributed by atoms with E-state index in [4.69, 9.17) is 0 Å². The minimum absolute atomic E-state index is 0.0723. The smallest absolute Gasteiger partial charge is 0.313 e. The van der Waals surface area contributed by atoms with E-state index in [1.165, 1.54) is 12.4 Å². The molecule has 0 saturated heterocycles. The summed E-state index contributed by atoms with van der Waals surface area (Å²) in [5.74, 6) is -0.0723. The zero-order chi connectivity index (χ0) is 13.9. The molecule has 2 unspecified atom stereocenters. The quantitative estimate of drug-likeness (QED) is 0.903. The zero-order valence-corrected chi connectivity index (χ0v) is 11.0. The Balaban J connectivity index is 2.25. The first kappa shape index (κ1) is 14.3. The van der Waals surface area contributed by atoms with E-state index < -0.39 is 11.7 Å².